The molecule has 0 spiro atoms. The van der Waals surface area contributed by atoms with Crippen molar-refractivity contribution in [3.8, 4) is 0 Å². The minimum Gasteiger partial charge on any atom is -0.368 e. The van der Waals surface area contributed by atoms with Crippen LogP contribution in [0.15, 0.2) is 23.4 Å². The predicted molar refractivity (Wildman–Crippen MR) is 92.0 cm³/mol. The Kier molecular flexibility index (Phi) is 5.24. The predicted octanol–water partition coefficient (Wildman–Crippen LogP) is 2.16. The number of hydrogen-bond acceptors (Lipinski definition) is 5. The summed E-state index contributed by atoms with van der Waals surface area (Å²) in [5.41, 5.74) is 5.32. The van der Waals surface area contributed by atoms with Gasteiger partial charge in [0.25, 0.3) is 0 Å². The number of primary amides is 1. The molecule has 0 unspecified atom stereocenters. The summed E-state index contributed by atoms with van der Waals surface area (Å²) < 4.78 is 15.3. The third-order valence-corrected chi connectivity index (χ3v) is 4.74. The molecule has 1 aliphatic carbocycles. The molecule has 1 saturated carbocycles. The maximum atomic E-state index is 13.7. The highest BCUT2D eigenvalue weighted by atomic mass is 35.5. The maximum Gasteiger partial charge on any atom is 0.237 e. The average Bonchev–Trinajstić information content (AvgIpc) is 3.31. The molecule has 7 nitrogen and oxygen atoms in total. The highest BCUT2D eigenvalue weighted by Gasteiger charge is 2.31. The van der Waals surface area contributed by atoms with E-state index in [1.54, 1.807) is 4.57 Å². The van der Waals surface area contributed by atoms with Crippen LogP contribution in [-0.4, -0.2) is 32.3 Å². The zero-order valence-electron chi connectivity index (χ0n) is 13.0. The van der Waals surface area contributed by atoms with E-state index in [0.29, 0.717) is 11.0 Å². The Morgan fingerprint density at radius 3 is 2.80 bits per heavy atom. The number of nitrogens with one attached hydrogen (secondary N) is 1. The van der Waals surface area contributed by atoms with E-state index in [2.05, 4.69) is 15.5 Å². The van der Waals surface area contributed by atoms with Gasteiger partial charge in [0.2, 0.25) is 11.8 Å². The van der Waals surface area contributed by atoms with E-state index in [0.717, 1.165) is 30.7 Å². The van der Waals surface area contributed by atoms with Gasteiger partial charge < -0.3 is 11.1 Å². The first-order valence-corrected chi connectivity index (χ1v) is 8.89. The topological polar surface area (TPSA) is 103 Å². The fourth-order valence-corrected chi connectivity index (χ4v) is 3.17. The van der Waals surface area contributed by atoms with E-state index < -0.39 is 17.6 Å². The number of nitrogens with two attached hydrogens (primary N) is 1. The second kappa shape index (κ2) is 7.40. The number of amides is 2. The number of hydrogen-bond donors (Lipinski definition) is 2. The number of halogens is 2. The van der Waals surface area contributed by atoms with Crippen LogP contribution in [0.2, 0.25) is 5.02 Å². The molecule has 10 heteroatoms. The normalized spacial score (nSPS) is 13.7. The van der Waals surface area contributed by atoms with E-state index in [-0.39, 0.29) is 28.9 Å². The molecule has 1 aliphatic rings. The van der Waals surface area contributed by atoms with Crippen LogP contribution in [0, 0.1) is 5.82 Å². The van der Waals surface area contributed by atoms with Crippen molar-refractivity contribution in [1.29, 1.82) is 0 Å². The third kappa shape index (κ3) is 4.49. The van der Waals surface area contributed by atoms with Crippen LogP contribution in [-0.2, 0) is 16.1 Å². The zero-order chi connectivity index (χ0) is 18.0. The van der Waals surface area contributed by atoms with Crippen molar-refractivity contribution in [2.45, 2.75) is 30.5 Å². The van der Waals surface area contributed by atoms with Gasteiger partial charge in [-0.1, -0.05) is 23.4 Å². The zero-order valence-corrected chi connectivity index (χ0v) is 14.6. The lowest BCUT2D eigenvalue weighted by Crippen LogP contribution is -2.21. The molecular weight excluding hydrogens is 369 g/mol. The second-order valence-electron chi connectivity index (χ2n) is 5.63. The molecule has 1 aromatic carbocycles. The van der Waals surface area contributed by atoms with E-state index in [1.165, 1.54) is 12.1 Å². The number of aromatic nitrogens is 3. The molecule has 25 heavy (non-hydrogen) atoms. The van der Waals surface area contributed by atoms with Crippen LogP contribution in [0.3, 0.4) is 0 Å². The fraction of sp³-hybridized carbons (Fsp3) is 0.333. The minimum atomic E-state index is -0.612. The Bertz CT molecular complexity index is 824. The van der Waals surface area contributed by atoms with Gasteiger partial charge in [0, 0.05) is 10.9 Å². The SMILES string of the molecule is NC(=O)Cn1c(SCC(=O)Nc2ccc(Cl)cc2F)nnc1C1CC1. The van der Waals surface area contributed by atoms with Gasteiger partial charge in [0.1, 0.15) is 18.2 Å². The maximum absolute atomic E-state index is 13.7. The summed E-state index contributed by atoms with van der Waals surface area (Å²) >= 11 is 6.79. The molecule has 3 N–H and O–H groups in total. The first-order chi connectivity index (χ1) is 11.9. The van der Waals surface area contributed by atoms with Crippen LogP contribution < -0.4 is 11.1 Å². The molecule has 0 saturated heterocycles. The molecule has 1 aromatic heterocycles. The van der Waals surface area contributed by atoms with Crippen LogP contribution >= 0.6 is 23.4 Å². The highest BCUT2D eigenvalue weighted by Crippen LogP contribution is 2.40. The third-order valence-electron chi connectivity index (χ3n) is 3.54. The van der Waals surface area contributed by atoms with Gasteiger partial charge in [0.05, 0.1) is 11.4 Å². The fourth-order valence-electron chi connectivity index (χ4n) is 2.26. The number of anilines is 1. The van der Waals surface area contributed by atoms with Gasteiger partial charge >= 0.3 is 0 Å². The highest BCUT2D eigenvalue weighted by molar-refractivity contribution is 7.99. The number of carbonyl (C=O) groups excluding carboxylic acids is 2. The Hall–Kier alpha value is -2.13. The summed E-state index contributed by atoms with van der Waals surface area (Å²) in [6, 6.07) is 4.00. The van der Waals surface area contributed by atoms with Gasteiger partial charge in [-0.05, 0) is 31.0 Å². The number of nitrogens with zero attached hydrogens (tertiary/aromatic N) is 3. The van der Waals surface area contributed by atoms with Crippen LogP contribution in [0.4, 0.5) is 10.1 Å². The Morgan fingerprint density at radius 1 is 1.40 bits per heavy atom. The van der Waals surface area contributed by atoms with Crippen molar-refractivity contribution in [3.63, 3.8) is 0 Å². The summed E-state index contributed by atoms with van der Waals surface area (Å²) in [6.45, 7) is -0.0331. The Balaban J connectivity index is 1.64. The average molecular weight is 384 g/mol. The number of carbonyl (C=O) groups is 2. The standard InChI is InChI=1S/C15H15ClFN5O2S/c16-9-3-4-11(10(17)5-9)19-13(24)7-25-15-21-20-14(8-1-2-8)22(15)6-12(18)23/h3-5,8H,1-2,6-7H2,(H2,18,23)(H,19,24). The molecule has 0 radical (unpaired) electrons. The molecular formula is C15H15ClFN5O2S. The largest absolute Gasteiger partial charge is 0.368 e. The van der Waals surface area contributed by atoms with Crippen LogP contribution in [0.25, 0.3) is 0 Å². The first kappa shape index (κ1) is 17.7. The van der Waals surface area contributed by atoms with Gasteiger partial charge in [0.15, 0.2) is 5.16 Å². The number of rotatable bonds is 7. The summed E-state index contributed by atoms with van der Waals surface area (Å²) in [5, 5.41) is 11.3. The van der Waals surface area contributed by atoms with E-state index in [4.69, 9.17) is 17.3 Å². The monoisotopic (exact) mass is 383 g/mol. The van der Waals surface area contributed by atoms with Crippen LogP contribution in [0.1, 0.15) is 24.6 Å². The van der Waals surface area contributed by atoms with Crippen molar-refractivity contribution in [1.82, 2.24) is 14.8 Å². The first-order valence-electron chi connectivity index (χ1n) is 7.53. The van der Waals surface area contributed by atoms with Crippen molar-refractivity contribution in [2.24, 2.45) is 5.73 Å². The molecule has 1 fully saturated rings. The quantitative estimate of drug-likeness (QED) is 0.713. The lowest BCUT2D eigenvalue weighted by atomic mass is 10.3. The Labute approximate surface area is 152 Å². The lowest BCUT2D eigenvalue weighted by molar-refractivity contribution is -0.118. The molecule has 2 aromatic rings. The van der Waals surface area contributed by atoms with Crippen LogP contribution in [0.5, 0.6) is 0 Å². The van der Waals surface area contributed by atoms with Crippen molar-refractivity contribution < 1.29 is 14.0 Å². The van der Waals surface area contributed by atoms with E-state index in [9.17, 15) is 14.0 Å². The van der Waals surface area contributed by atoms with E-state index >= 15 is 0 Å². The molecule has 3 rings (SSSR count). The number of benzene rings is 1. The smallest absolute Gasteiger partial charge is 0.237 e. The molecule has 0 atom stereocenters. The van der Waals surface area contributed by atoms with Gasteiger partial charge in [-0.2, -0.15) is 0 Å². The van der Waals surface area contributed by atoms with Crippen molar-refractivity contribution in [2.75, 3.05) is 11.1 Å². The van der Waals surface area contributed by atoms with Crippen molar-refractivity contribution in [3.05, 3.63) is 34.9 Å². The number of thioether (sulfide) groups is 1. The molecule has 0 bridgehead atoms. The summed E-state index contributed by atoms with van der Waals surface area (Å²) in [4.78, 5) is 23.3. The lowest BCUT2D eigenvalue weighted by Gasteiger charge is -2.08. The second-order valence-corrected chi connectivity index (χ2v) is 7.01. The molecule has 132 valence electrons. The summed E-state index contributed by atoms with van der Waals surface area (Å²) in [5.74, 6) is -0.532. The van der Waals surface area contributed by atoms with Crippen molar-refractivity contribution >= 4 is 40.9 Å². The Morgan fingerprint density at radius 2 is 2.16 bits per heavy atom. The summed E-state index contributed by atoms with van der Waals surface area (Å²) in [7, 11) is 0. The van der Waals surface area contributed by atoms with Gasteiger partial charge in [-0.25, -0.2) is 4.39 Å². The molecule has 0 aliphatic heterocycles. The molecule has 2 amide bonds. The van der Waals surface area contributed by atoms with Gasteiger partial charge in [-0.3, -0.25) is 14.2 Å². The summed E-state index contributed by atoms with van der Waals surface area (Å²) in [6.07, 6.45) is 2.00. The molecule has 1 heterocycles. The van der Waals surface area contributed by atoms with E-state index in [1.807, 2.05) is 0 Å². The van der Waals surface area contributed by atoms with Gasteiger partial charge in [-0.15, -0.1) is 10.2 Å². The minimum absolute atomic E-state index is 0.0103.